The van der Waals surface area contributed by atoms with E-state index in [2.05, 4.69) is 4.90 Å². The second-order valence-corrected chi connectivity index (χ2v) is 4.91. The second kappa shape index (κ2) is 6.03. The van der Waals surface area contributed by atoms with Crippen LogP contribution >= 0.6 is 0 Å². The third-order valence-corrected chi connectivity index (χ3v) is 3.47. The molecule has 1 heterocycles. The van der Waals surface area contributed by atoms with E-state index in [4.69, 9.17) is 5.73 Å². The Morgan fingerprint density at radius 3 is 2.24 bits per heavy atom. The molecular weight excluding hydrogens is 212 g/mol. The second-order valence-electron chi connectivity index (χ2n) is 4.91. The first-order valence-corrected chi connectivity index (χ1v) is 6.52. The Balaban J connectivity index is 1.91. The van der Waals surface area contributed by atoms with Gasteiger partial charge in [-0.3, -0.25) is 0 Å². The molecule has 0 amide bonds. The lowest BCUT2D eigenvalue weighted by atomic mass is 10.1. The minimum atomic E-state index is 0.0497. The molecule has 3 N–H and O–H groups in total. The average Bonchev–Trinajstić information content (AvgIpc) is 2.58. The van der Waals surface area contributed by atoms with Gasteiger partial charge in [-0.05, 0) is 43.6 Å². The minimum Gasteiger partial charge on any atom is -0.508 e. The summed E-state index contributed by atoms with van der Waals surface area (Å²) in [5, 5.41) is 9.25. The average molecular weight is 234 g/mol. The van der Waals surface area contributed by atoms with Crippen molar-refractivity contribution in [1.29, 1.82) is 0 Å². The van der Waals surface area contributed by atoms with Gasteiger partial charge in [-0.1, -0.05) is 25.0 Å². The molecule has 1 atom stereocenters. The van der Waals surface area contributed by atoms with Crippen LogP contribution in [0.4, 0.5) is 0 Å². The van der Waals surface area contributed by atoms with Crippen molar-refractivity contribution in [3.05, 3.63) is 29.8 Å². The first-order chi connectivity index (χ1) is 8.25. The maximum Gasteiger partial charge on any atom is 0.115 e. The predicted molar refractivity (Wildman–Crippen MR) is 69.9 cm³/mol. The third kappa shape index (κ3) is 3.72. The molecule has 1 fully saturated rings. The molecule has 1 aromatic rings. The lowest BCUT2D eigenvalue weighted by Gasteiger charge is -2.24. The number of aromatic hydroxyl groups is 1. The first kappa shape index (κ1) is 12.4. The number of rotatable bonds is 3. The van der Waals surface area contributed by atoms with Gasteiger partial charge >= 0.3 is 0 Å². The molecular formula is C14H22N2O. The van der Waals surface area contributed by atoms with Gasteiger partial charge in [0.15, 0.2) is 0 Å². The van der Waals surface area contributed by atoms with Gasteiger partial charge in [-0.2, -0.15) is 0 Å². The highest BCUT2D eigenvalue weighted by Crippen LogP contribution is 2.18. The Morgan fingerprint density at radius 2 is 1.65 bits per heavy atom. The van der Waals surface area contributed by atoms with Gasteiger partial charge in [-0.15, -0.1) is 0 Å². The van der Waals surface area contributed by atoms with E-state index in [1.54, 1.807) is 12.1 Å². The standard InChI is InChI=1S/C14H22N2O/c15-14(12-5-7-13(17)8-6-12)11-16-9-3-1-2-4-10-16/h5-8,14,17H,1-4,9-11,15H2. The highest BCUT2D eigenvalue weighted by atomic mass is 16.3. The molecule has 0 aromatic heterocycles. The summed E-state index contributed by atoms with van der Waals surface area (Å²) in [4.78, 5) is 2.46. The molecule has 94 valence electrons. The Kier molecular flexibility index (Phi) is 4.40. The first-order valence-electron chi connectivity index (χ1n) is 6.52. The Bertz CT molecular complexity index is 329. The third-order valence-electron chi connectivity index (χ3n) is 3.47. The molecule has 1 unspecified atom stereocenters. The Hall–Kier alpha value is -1.06. The fraction of sp³-hybridized carbons (Fsp3) is 0.571. The van der Waals surface area contributed by atoms with Gasteiger partial charge in [0.2, 0.25) is 0 Å². The molecule has 0 bridgehead atoms. The van der Waals surface area contributed by atoms with Crippen LogP contribution in [0.1, 0.15) is 37.3 Å². The van der Waals surface area contributed by atoms with E-state index in [0.29, 0.717) is 5.75 Å². The number of nitrogens with zero attached hydrogens (tertiary/aromatic N) is 1. The Morgan fingerprint density at radius 1 is 1.06 bits per heavy atom. The molecule has 1 aliphatic heterocycles. The summed E-state index contributed by atoms with van der Waals surface area (Å²) in [7, 11) is 0. The monoisotopic (exact) mass is 234 g/mol. The lowest BCUT2D eigenvalue weighted by molar-refractivity contribution is 0.268. The summed E-state index contributed by atoms with van der Waals surface area (Å²) >= 11 is 0. The van der Waals surface area contributed by atoms with Crippen LogP contribution in [-0.4, -0.2) is 29.6 Å². The number of hydrogen-bond acceptors (Lipinski definition) is 3. The largest absolute Gasteiger partial charge is 0.508 e. The van der Waals surface area contributed by atoms with Crippen molar-refractivity contribution >= 4 is 0 Å². The molecule has 17 heavy (non-hydrogen) atoms. The van der Waals surface area contributed by atoms with Crippen LogP contribution in [0.2, 0.25) is 0 Å². The number of benzene rings is 1. The number of nitrogens with two attached hydrogens (primary N) is 1. The number of phenolic OH excluding ortho intramolecular Hbond substituents is 1. The SMILES string of the molecule is NC(CN1CCCCCC1)c1ccc(O)cc1. The highest BCUT2D eigenvalue weighted by Gasteiger charge is 2.13. The number of hydrogen-bond donors (Lipinski definition) is 2. The van der Waals surface area contributed by atoms with Crippen molar-refractivity contribution in [1.82, 2.24) is 4.90 Å². The molecule has 1 saturated heterocycles. The fourth-order valence-corrected chi connectivity index (χ4v) is 2.42. The zero-order valence-electron chi connectivity index (χ0n) is 10.3. The topological polar surface area (TPSA) is 49.5 Å². The summed E-state index contributed by atoms with van der Waals surface area (Å²) in [5.41, 5.74) is 7.31. The van der Waals surface area contributed by atoms with E-state index in [0.717, 1.165) is 12.1 Å². The van der Waals surface area contributed by atoms with E-state index in [-0.39, 0.29) is 6.04 Å². The van der Waals surface area contributed by atoms with Crippen LogP contribution in [0.5, 0.6) is 5.75 Å². The zero-order valence-corrected chi connectivity index (χ0v) is 10.3. The van der Waals surface area contributed by atoms with Crippen molar-refractivity contribution in [2.75, 3.05) is 19.6 Å². The van der Waals surface area contributed by atoms with Crippen molar-refractivity contribution in [3.63, 3.8) is 0 Å². The van der Waals surface area contributed by atoms with E-state index in [9.17, 15) is 5.11 Å². The highest BCUT2D eigenvalue weighted by molar-refractivity contribution is 5.27. The summed E-state index contributed by atoms with van der Waals surface area (Å²) in [5.74, 6) is 0.302. The molecule has 1 aromatic carbocycles. The molecule has 1 aliphatic rings. The van der Waals surface area contributed by atoms with E-state index in [1.165, 1.54) is 38.8 Å². The van der Waals surface area contributed by atoms with Gasteiger partial charge in [0.1, 0.15) is 5.75 Å². The maximum atomic E-state index is 9.25. The van der Waals surface area contributed by atoms with E-state index in [1.807, 2.05) is 12.1 Å². The maximum absolute atomic E-state index is 9.25. The van der Waals surface area contributed by atoms with Gasteiger partial charge in [-0.25, -0.2) is 0 Å². The zero-order chi connectivity index (χ0) is 12.1. The van der Waals surface area contributed by atoms with Crippen molar-refractivity contribution in [2.24, 2.45) is 5.73 Å². The van der Waals surface area contributed by atoms with Crippen molar-refractivity contribution < 1.29 is 5.11 Å². The lowest BCUT2D eigenvalue weighted by Crippen LogP contribution is -2.32. The summed E-state index contributed by atoms with van der Waals surface area (Å²) < 4.78 is 0. The van der Waals surface area contributed by atoms with Crippen molar-refractivity contribution in [2.45, 2.75) is 31.7 Å². The predicted octanol–water partition coefficient (Wildman–Crippen LogP) is 2.27. The van der Waals surface area contributed by atoms with Crippen LogP contribution in [0.25, 0.3) is 0 Å². The smallest absolute Gasteiger partial charge is 0.115 e. The Labute approximate surface area is 103 Å². The minimum absolute atomic E-state index is 0.0497. The van der Waals surface area contributed by atoms with Gasteiger partial charge in [0.25, 0.3) is 0 Å². The van der Waals surface area contributed by atoms with Crippen LogP contribution in [0.3, 0.4) is 0 Å². The normalized spacial score (nSPS) is 19.8. The molecule has 0 spiro atoms. The number of phenols is 1. The van der Waals surface area contributed by atoms with Gasteiger partial charge in [0, 0.05) is 12.6 Å². The summed E-state index contributed by atoms with van der Waals surface area (Å²) in [6.45, 7) is 3.27. The fourth-order valence-electron chi connectivity index (χ4n) is 2.42. The van der Waals surface area contributed by atoms with Crippen LogP contribution in [-0.2, 0) is 0 Å². The summed E-state index contributed by atoms with van der Waals surface area (Å²) in [6, 6.07) is 7.29. The van der Waals surface area contributed by atoms with Crippen LogP contribution < -0.4 is 5.73 Å². The number of likely N-dealkylation sites (tertiary alicyclic amines) is 1. The van der Waals surface area contributed by atoms with Gasteiger partial charge in [0.05, 0.1) is 0 Å². The van der Waals surface area contributed by atoms with Crippen LogP contribution in [0, 0.1) is 0 Å². The molecule has 3 heteroatoms. The van der Waals surface area contributed by atoms with E-state index < -0.39 is 0 Å². The molecule has 0 radical (unpaired) electrons. The van der Waals surface area contributed by atoms with E-state index >= 15 is 0 Å². The summed E-state index contributed by atoms with van der Waals surface area (Å²) in [6.07, 6.45) is 5.29. The van der Waals surface area contributed by atoms with Crippen molar-refractivity contribution in [3.8, 4) is 5.75 Å². The molecule has 0 saturated carbocycles. The van der Waals surface area contributed by atoms with Gasteiger partial charge < -0.3 is 15.7 Å². The van der Waals surface area contributed by atoms with Crippen LogP contribution in [0.15, 0.2) is 24.3 Å². The molecule has 2 rings (SSSR count). The quantitative estimate of drug-likeness (QED) is 0.843. The molecule has 3 nitrogen and oxygen atoms in total. The molecule has 0 aliphatic carbocycles.